The number of nitrogens with one attached hydrogen (secondary N) is 2. The summed E-state index contributed by atoms with van der Waals surface area (Å²) in [5.74, 6) is 1.25. The van der Waals surface area contributed by atoms with Crippen molar-refractivity contribution >= 4 is 5.91 Å². The number of piperidine rings is 1. The molecule has 1 amide bonds. The highest BCUT2D eigenvalue weighted by atomic mass is 19.1. The van der Waals surface area contributed by atoms with Crippen molar-refractivity contribution in [3.63, 3.8) is 0 Å². The van der Waals surface area contributed by atoms with Gasteiger partial charge in [0.1, 0.15) is 17.5 Å². The first-order valence-corrected chi connectivity index (χ1v) is 14.1. The maximum absolute atomic E-state index is 13.4. The van der Waals surface area contributed by atoms with Crippen molar-refractivity contribution < 1.29 is 9.18 Å². The molecule has 2 aromatic carbocycles. The van der Waals surface area contributed by atoms with Gasteiger partial charge >= 0.3 is 0 Å². The zero-order valence-electron chi connectivity index (χ0n) is 22.7. The first-order valence-electron chi connectivity index (χ1n) is 14.1. The van der Waals surface area contributed by atoms with Crippen molar-refractivity contribution in [2.24, 2.45) is 5.41 Å². The number of imidazole rings is 2. The molecule has 4 aromatic rings. The summed E-state index contributed by atoms with van der Waals surface area (Å²) in [6, 6.07) is 14.9. The van der Waals surface area contributed by atoms with Gasteiger partial charge in [-0.3, -0.25) is 14.6 Å². The summed E-state index contributed by atoms with van der Waals surface area (Å²) in [7, 11) is 0. The Kier molecular flexibility index (Phi) is 7.75. The summed E-state index contributed by atoms with van der Waals surface area (Å²) in [5.41, 5.74) is 3.47. The standard InChI is InChI=1S/C31H36FN7O/c32-27-7-3-25(4-8-27)20-38-18-11-31(23-38)9-16-37(17-10-31)19-24-1-5-26(6-2-24)30(40)39(21-28-33-12-13-34-28)22-29-35-14-15-36-29/h1-8,12-15H,9-11,16-23H2,(H,33,34)(H,35,36). The van der Waals surface area contributed by atoms with Crippen LogP contribution in [0.1, 0.15) is 52.4 Å². The largest absolute Gasteiger partial charge is 0.347 e. The molecular formula is C31H36FN7O. The molecule has 2 N–H and O–H groups in total. The minimum atomic E-state index is -0.174. The topological polar surface area (TPSA) is 84.2 Å². The normalized spacial score (nSPS) is 17.4. The van der Waals surface area contributed by atoms with Crippen molar-refractivity contribution in [3.8, 4) is 0 Å². The van der Waals surface area contributed by atoms with Crippen molar-refractivity contribution in [3.05, 3.63) is 107 Å². The molecule has 0 radical (unpaired) electrons. The number of aromatic nitrogens is 4. The molecule has 2 aromatic heterocycles. The molecule has 6 rings (SSSR count). The number of amides is 1. The predicted molar refractivity (Wildman–Crippen MR) is 150 cm³/mol. The molecule has 1 spiro atoms. The van der Waals surface area contributed by atoms with Crippen molar-refractivity contribution in [1.82, 2.24) is 34.6 Å². The van der Waals surface area contributed by atoms with Gasteiger partial charge in [-0.1, -0.05) is 24.3 Å². The van der Waals surface area contributed by atoms with E-state index < -0.39 is 0 Å². The Bertz CT molecular complexity index is 1330. The fraction of sp³-hybridized carbons (Fsp3) is 0.387. The number of hydrogen-bond acceptors (Lipinski definition) is 5. The van der Waals surface area contributed by atoms with Gasteiger partial charge in [0.25, 0.3) is 5.91 Å². The highest BCUT2D eigenvalue weighted by molar-refractivity contribution is 5.94. The Labute approximate surface area is 234 Å². The molecule has 0 saturated carbocycles. The molecule has 0 aliphatic carbocycles. The molecule has 2 fully saturated rings. The van der Waals surface area contributed by atoms with Crippen LogP contribution in [-0.4, -0.2) is 66.7 Å². The number of nitrogens with zero attached hydrogens (tertiary/aromatic N) is 5. The lowest BCUT2D eigenvalue weighted by molar-refractivity contribution is 0.0721. The van der Waals surface area contributed by atoms with E-state index in [1.807, 2.05) is 24.3 Å². The summed E-state index contributed by atoms with van der Waals surface area (Å²) in [6.45, 7) is 6.97. The summed E-state index contributed by atoms with van der Waals surface area (Å²) >= 11 is 0. The number of aromatic amines is 2. The van der Waals surface area contributed by atoms with Gasteiger partial charge in [0.15, 0.2) is 0 Å². The molecule has 4 heterocycles. The van der Waals surface area contributed by atoms with E-state index in [2.05, 4.69) is 41.9 Å². The minimum Gasteiger partial charge on any atom is -0.347 e. The predicted octanol–water partition coefficient (Wildman–Crippen LogP) is 4.60. The quantitative estimate of drug-likeness (QED) is 0.324. The number of carbonyl (C=O) groups excluding carboxylic acids is 1. The molecule has 40 heavy (non-hydrogen) atoms. The van der Waals surface area contributed by atoms with E-state index in [-0.39, 0.29) is 11.7 Å². The number of H-pyrrole nitrogens is 2. The molecule has 2 aliphatic rings. The molecule has 8 nitrogen and oxygen atoms in total. The highest BCUT2D eigenvalue weighted by Crippen LogP contribution is 2.41. The van der Waals surface area contributed by atoms with Crippen LogP contribution in [0.2, 0.25) is 0 Å². The molecule has 2 aliphatic heterocycles. The first kappa shape index (κ1) is 26.4. The van der Waals surface area contributed by atoms with Crippen molar-refractivity contribution in [1.29, 1.82) is 0 Å². The van der Waals surface area contributed by atoms with Gasteiger partial charge in [0, 0.05) is 50.0 Å². The third-order valence-electron chi connectivity index (χ3n) is 8.44. The van der Waals surface area contributed by atoms with E-state index in [0.717, 1.165) is 50.9 Å². The molecule has 0 unspecified atom stereocenters. The molecule has 9 heteroatoms. The second-order valence-corrected chi connectivity index (χ2v) is 11.3. The Morgan fingerprint density at radius 1 is 0.800 bits per heavy atom. The zero-order valence-corrected chi connectivity index (χ0v) is 22.7. The van der Waals surface area contributed by atoms with E-state index in [4.69, 9.17) is 0 Å². The number of rotatable bonds is 9. The Morgan fingerprint density at radius 2 is 1.32 bits per heavy atom. The minimum absolute atomic E-state index is 0.0503. The average molecular weight is 542 g/mol. The highest BCUT2D eigenvalue weighted by Gasteiger charge is 2.40. The lowest BCUT2D eigenvalue weighted by Crippen LogP contribution is -2.41. The Balaban J connectivity index is 1.02. The summed E-state index contributed by atoms with van der Waals surface area (Å²) in [6.07, 6.45) is 10.6. The third-order valence-corrected chi connectivity index (χ3v) is 8.44. The van der Waals surface area contributed by atoms with Crippen LogP contribution < -0.4 is 0 Å². The van der Waals surface area contributed by atoms with Gasteiger partial charge < -0.3 is 14.9 Å². The summed E-state index contributed by atoms with van der Waals surface area (Å²) in [4.78, 5) is 35.0. The van der Waals surface area contributed by atoms with E-state index >= 15 is 0 Å². The maximum Gasteiger partial charge on any atom is 0.254 e. The number of likely N-dealkylation sites (tertiary alicyclic amines) is 2. The van der Waals surface area contributed by atoms with E-state index in [1.54, 1.807) is 41.8 Å². The van der Waals surface area contributed by atoms with Gasteiger partial charge in [-0.05, 0) is 79.7 Å². The monoisotopic (exact) mass is 541 g/mol. The van der Waals surface area contributed by atoms with Crippen LogP contribution in [0, 0.1) is 11.2 Å². The number of carbonyl (C=O) groups is 1. The first-order chi connectivity index (χ1) is 19.5. The van der Waals surface area contributed by atoms with Crippen molar-refractivity contribution in [2.75, 3.05) is 26.2 Å². The van der Waals surface area contributed by atoms with Crippen LogP contribution in [0.15, 0.2) is 73.3 Å². The fourth-order valence-electron chi connectivity index (χ4n) is 6.13. The second kappa shape index (κ2) is 11.7. The zero-order chi connectivity index (χ0) is 27.4. The second-order valence-electron chi connectivity index (χ2n) is 11.3. The summed E-state index contributed by atoms with van der Waals surface area (Å²) in [5, 5.41) is 0. The molecule has 2 saturated heterocycles. The number of halogens is 1. The van der Waals surface area contributed by atoms with Gasteiger partial charge in [0.05, 0.1) is 13.1 Å². The number of benzene rings is 2. The van der Waals surface area contributed by atoms with Crippen LogP contribution >= 0.6 is 0 Å². The van der Waals surface area contributed by atoms with Gasteiger partial charge in [-0.15, -0.1) is 0 Å². The van der Waals surface area contributed by atoms with E-state index in [9.17, 15) is 9.18 Å². The SMILES string of the molecule is O=C(c1ccc(CN2CCC3(CC2)CCN(Cc2ccc(F)cc2)C3)cc1)N(Cc1ncc[nH]1)Cc1ncc[nH]1. The lowest BCUT2D eigenvalue weighted by Gasteiger charge is -2.39. The van der Waals surface area contributed by atoms with Crippen LogP contribution in [0.4, 0.5) is 4.39 Å². The van der Waals surface area contributed by atoms with Crippen LogP contribution in [0.5, 0.6) is 0 Å². The third kappa shape index (κ3) is 6.32. The smallest absolute Gasteiger partial charge is 0.254 e. The molecular weight excluding hydrogens is 505 g/mol. The van der Waals surface area contributed by atoms with E-state index in [0.29, 0.717) is 24.1 Å². The maximum atomic E-state index is 13.4. The summed E-state index contributed by atoms with van der Waals surface area (Å²) < 4.78 is 13.3. The lowest BCUT2D eigenvalue weighted by atomic mass is 9.77. The molecule has 0 bridgehead atoms. The van der Waals surface area contributed by atoms with Gasteiger partial charge in [-0.2, -0.15) is 0 Å². The Morgan fingerprint density at radius 3 is 1.88 bits per heavy atom. The van der Waals surface area contributed by atoms with Crippen LogP contribution in [-0.2, 0) is 26.2 Å². The van der Waals surface area contributed by atoms with Gasteiger partial charge in [-0.25, -0.2) is 14.4 Å². The average Bonchev–Trinajstić information content (AvgIpc) is 3.75. The fourth-order valence-corrected chi connectivity index (χ4v) is 6.13. The number of hydrogen-bond donors (Lipinski definition) is 2. The van der Waals surface area contributed by atoms with Crippen LogP contribution in [0.3, 0.4) is 0 Å². The van der Waals surface area contributed by atoms with Crippen molar-refractivity contribution in [2.45, 2.75) is 45.4 Å². The van der Waals surface area contributed by atoms with Gasteiger partial charge in [0.2, 0.25) is 0 Å². The van der Waals surface area contributed by atoms with E-state index in [1.165, 1.54) is 30.4 Å². The van der Waals surface area contributed by atoms with Crippen LogP contribution in [0.25, 0.3) is 0 Å². The Hall–Kier alpha value is -3.82. The molecule has 208 valence electrons. The molecule has 0 atom stereocenters.